The number of alkyl halides is 2. The fraction of sp³-hybridized carbons (Fsp3) is 0.500. The summed E-state index contributed by atoms with van der Waals surface area (Å²) in [6, 6.07) is 4.45. The average molecular weight is 415 g/mol. The van der Waals surface area contributed by atoms with Gasteiger partial charge in [-0.25, -0.2) is 8.78 Å². The second-order valence-corrected chi connectivity index (χ2v) is 7.88. The number of hydrogen-bond donors (Lipinski definition) is 2. The number of nitrogens with one attached hydrogen (secondary N) is 1. The number of aliphatic hydroxyl groups is 1. The van der Waals surface area contributed by atoms with Gasteiger partial charge in [0.05, 0.1) is 0 Å². The van der Waals surface area contributed by atoms with E-state index in [4.69, 9.17) is 0 Å². The molecule has 0 unspecified atom stereocenters. The highest BCUT2D eigenvalue weighted by Gasteiger charge is 2.44. The molecular weight excluding hydrogens is 388 g/mol. The third-order valence-electron chi connectivity index (χ3n) is 5.33. The van der Waals surface area contributed by atoms with Crippen molar-refractivity contribution in [3.05, 3.63) is 35.4 Å². The van der Waals surface area contributed by atoms with Gasteiger partial charge in [0, 0.05) is 17.5 Å². The Hall–Kier alpha value is -2.70. The maximum absolute atomic E-state index is 13.0. The van der Waals surface area contributed by atoms with E-state index in [0.29, 0.717) is 11.5 Å². The van der Waals surface area contributed by atoms with Gasteiger partial charge < -0.3 is 10.4 Å². The Kier molecular flexibility index (Phi) is 8.57. The van der Waals surface area contributed by atoms with Crippen LogP contribution in [-0.4, -0.2) is 34.9 Å². The molecule has 4 nitrogen and oxygen atoms in total. The maximum atomic E-state index is 13.0. The second-order valence-electron chi connectivity index (χ2n) is 7.88. The molecule has 0 saturated heterocycles. The van der Waals surface area contributed by atoms with E-state index in [9.17, 15) is 23.5 Å². The van der Waals surface area contributed by atoms with Gasteiger partial charge in [-0.05, 0) is 68.7 Å². The summed E-state index contributed by atoms with van der Waals surface area (Å²) in [5, 5.41) is 12.1. The van der Waals surface area contributed by atoms with Crippen molar-refractivity contribution in [2.24, 2.45) is 5.92 Å². The van der Waals surface area contributed by atoms with Gasteiger partial charge in [0.15, 0.2) is 5.78 Å². The molecule has 0 radical (unpaired) electrons. The van der Waals surface area contributed by atoms with Crippen molar-refractivity contribution in [3.63, 3.8) is 0 Å². The van der Waals surface area contributed by atoms with Crippen molar-refractivity contribution in [1.82, 2.24) is 5.32 Å². The van der Waals surface area contributed by atoms with Crippen LogP contribution in [0.15, 0.2) is 24.3 Å². The Morgan fingerprint density at radius 2 is 1.80 bits per heavy atom. The Morgan fingerprint density at radius 3 is 2.37 bits per heavy atom. The van der Waals surface area contributed by atoms with Gasteiger partial charge in [0.25, 0.3) is 12.3 Å². The molecule has 1 saturated carbocycles. The highest BCUT2D eigenvalue weighted by atomic mass is 19.3. The lowest BCUT2D eigenvalue weighted by Gasteiger charge is -2.30. The van der Waals surface area contributed by atoms with Gasteiger partial charge >= 0.3 is 0 Å². The van der Waals surface area contributed by atoms with Crippen LogP contribution in [0.5, 0.6) is 0 Å². The molecule has 0 heterocycles. The lowest BCUT2D eigenvalue weighted by Crippen LogP contribution is -2.58. The van der Waals surface area contributed by atoms with E-state index in [1.807, 2.05) is 0 Å². The summed E-state index contributed by atoms with van der Waals surface area (Å²) in [6.07, 6.45) is 4.04. The molecule has 0 bridgehead atoms. The van der Waals surface area contributed by atoms with E-state index in [-0.39, 0.29) is 5.56 Å². The standard InChI is InChI=1S/C24H27F2NO3/c1-17(28)21(24(2,30)23(25)26)27-22(29)20-15-13-19(14-16-20)12-8-4-7-11-18-9-5-3-6-10-18/h13-16,18,21,23,30H,3,5-6,9-11H2,1-2H3,(H,27,29)/t21-,24+/m1/s1. The molecule has 0 spiro atoms. The first-order chi connectivity index (χ1) is 14.2. The summed E-state index contributed by atoms with van der Waals surface area (Å²) in [5.41, 5.74) is -1.84. The number of ketones is 1. The van der Waals surface area contributed by atoms with E-state index in [0.717, 1.165) is 20.3 Å². The van der Waals surface area contributed by atoms with Gasteiger partial charge in [-0.2, -0.15) is 0 Å². The van der Waals surface area contributed by atoms with Crippen LogP contribution in [0.4, 0.5) is 8.78 Å². The Bertz CT molecular complexity index is 864. The van der Waals surface area contributed by atoms with Crippen LogP contribution < -0.4 is 5.32 Å². The molecule has 1 aromatic rings. The van der Waals surface area contributed by atoms with Crippen LogP contribution in [-0.2, 0) is 4.79 Å². The van der Waals surface area contributed by atoms with E-state index in [1.54, 1.807) is 12.1 Å². The Balaban J connectivity index is 1.96. The molecule has 0 aromatic heterocycles. The van der Waals surface area contributed by atoms with Crippen LogP contribution in [0.2, 0.25) is 0 Å². The minimum atomic E-state index is -3.19. The molecule has 30 heavy (non-hydrogen) atoms. The van der Waals surface area contributed by atoms with Gasteiger partial charge in [0.2, 0.25) is 0 Å². The fourth-order valence-electron chi connectivity index (χ4n) is 3.44. The van der Waals surface area contributed by atoms with Crippen LogP contribution in [0, 0.1) is 29.6 Å². The number of halogens is 2. The van der Waals surface area contributed by atoms with Crippen molar-refractivity contribution in [2.45, 2.75) is 70.4 Å². The molecule has 1 aromatic carbocycles. The zero-order valence-electron chi connectivity index (χ0n) is 17.3. The lowest BCUT2D eigenvalue weighted by atomic mass is 9.87. The van der Waals surface area contributed by atoms with Crippen LogP contribution >= 0.6 is 0 Å². The molecule has 1 aliphatic carbocycles. The van der Waals surface area contributed by atoms with E-state index in [2.05, 4.69) is 29.0 Å². The van der Waals surface area contributed by atoms with Crippen molar-refractivity contribution in [1.29, 1.82) is 0 Å². The number of carbonyl (C=O) groups excluding carboxylic acids is 2. The molecule has 0 aliphatic heterocycles. The van der Waals surface area contributed by atoms with Crippen LogP contribution in [0.1, 0.15) is 68.3 Å². The predicted molar refractivity (Wildman–Crippen MR) is 111 cm³/mol. The zero-order chi connectivity index (χ0) is 22.1. The summed E-state index contributed by atoms with van der Waals surface area (Å²) >= 11 is 0. The molecule has 6 heteroatoms. The summed E-state index contributed by atoms with van der Waals surface area (Å²) in [4.78, 5) is 24.0. The molecule has 1 amide bonds. The van der Waals surface area contributed by atoms with Crippen LogP contribution in [0.3, 0.4) is 0 Å². The van der Waals surface area contributed by atoms with Gasteiger partial charge in [-0.3, -0.25) is 9.59 Å². The van der Waals surface area contributed by atoms with Gasteiger partial charge in [-0.1, -0.05) is 31.1 Å². The molecule has 160 valence electrons. The summed E-state index contributed by atoms with van der Waals surface area (Å²) in [7, 11) is 0. The van der Waals surface area contributed by atoms with Gasteiger partial charge in [0.1, 0.15) is 11.6 Å². The molecule has 2 atom stereocenters. The van der Waals surface area contributed by atoms with Crippen molar-refractivity contribution in [3.8, 4) is 23.7 Å². The van der Waals surface area contributed by atoms with Crippen molar-refractivity contribution in [2.75, 3.05) is 0 Å². The highest BCUT2D eigenvalue weighted by Crippen LogP contribution is 2.25. The number of benzene rings is 1. The third kappa shape index (κ3) is 6.68. The SMILES string of the molecule is CC(=O)[C@@H](NC(=O)c1ccc(C#CC#CCC2CCCCC2)cc1)[C@](C)(O)C(F)F. The topological polar surface area (TPSA) is 66.4 Å². The largest absolute Gasteiger partial charge is 0.382 e. The Labute approximate surface area is 176 Å². The number of hydrogen-bond acceptors (Lipinski definition) is 3. The summed E-state index contributed by atoms with van der Waals surface area (Å²) in [5.74, 6) is 10.8. The normalized spacial score (nSPS) is 17.0. The highest BCUT2D eigenvalue weighted by molar-refractivity contribution is 5.98. The second kappa shape index (κ2) is 10.9. The molecule has 1 fully saturated rings. The molecule has 2 N–H and O–H groups in total. The number of Topliss-reactive ketones (excluding diaryl/α,β-unsaturated/α-hetero) is 1. The Morgan fingerprint density at radius 1 is 1.17 bits per heavy atom. The molecule has 2 rings (SSSR count). The quantitative estimate of drug-likeness (QED) is 0.696. The number of rotatable bonds is 6. The first kappa shape index (κ1) is 23.6. The minimum Gasteiger partial charge on any atom is -0.382 e. The number of amides is 1. The zero-order valence-corrected chi connectivity index (χ0v) is 17.3. The third-order valence-corrected chi connectivity index (χ3v) is 5.33. The van der Waals surface area contributed by atoms with Crippen molar-refractivity contribution >= 4 is 11.7 Å². The average Bonchev–Trinajstić information content (AvgIpc) is 2.72. The van der Waals surface area contributed by atoms with E-state index < -0.39 is 29.8 Å². The summed E-state index contributed by atoms with van der Waals surface area (Å²) < 4.78 is 26.1. The van der Waals surface area contributed by atoms with E-state index >= 15 is 0 Å². The first-order valence-electron chi connectivity index (χ1n) is 10.1. The van der Waals surface area contributed by atoms with Crippen LogP contribution in [0.25, 0.3) is 0 Å². The smallest absolute Gasteiger partial charge is 0.269 e. The fourth-order valence-corrected chi connectivity index (χ4v) is 3.44. The monoisotopic (exact) mass is 415 g/mol. The van der Waals surface area contributed by atoms with Gasteiger partial charge in [-0.15, -0.1) is 0 Å². The lowest BCUT2D eigenvalue weighted by molar-refractivity contribution is -0.138. The van der Waals surface area contributed by atoms with Crippen molar-refractivity contribution < 1.29 is 23.5 Å². The number of carbonyl (C=O) groups is 2. The van der Waals surface area contributed by atoms with E-state index in [1.165, 1.54) is 44.2 Å². The molecule has 1 aliphatic rings. The first-order valence-corrected chi connectivity index (χ1v) is 10.1. The predicted octanol–water partition coefficient (Wildman–Crippen LogP) is 3.72. The minimum absolute atomic E-state index is 0.167. The summed E-state index contributed by atoms with van der Waals surface area (Å²) in [6.45, 7) is 1.85. The molecular formula is C24H27F2NO3. The maximum Gasteiger partial charge on any atom is 0.269 e.